The number of carbonyl (C=O) groups excluding carboxylic acids is 1. The van der Waals surface area contributed by atoms with E-state index in [-0.39, 0.29) is 11.9 Å². The fourth-order valence-corrected chi connectivity index (χ4v) is 3.60. The van der Waals surface area contributed by atoms with E-state index < -0.39 is 0 Å². The lowest BCUT2D eigenvalue weighted by atomic mass is 10.1. The molecule has 0 N–H and O–H groups in total. The zero-order chi connectivity index (χ0) is 14.8. The predicted molar refractivity (Wildman–Crippen MR) is 77.9 cm³/mol. The monoisotopic (exact) mass is 306 g/mol. The molecule has 2 aromatic heterocycles. The smallest absolute Gasteiger partial charge is 0.223 e. The summed E-state index contributed by atoms with van der Waals surface area (Å²) in [4.78, 5) is 19.8. The van der Waals surface area contributed by atoms with Crippen molar-refractivity contribution in [1.82, 2.24) is 20.2 Å². The Morgan fingerprint density at radius 1 is 1.43 bits per heavy atom. The second-order valence-corrected chi connectivity index (χ2v) is 6.28. The van der Waals surface area contributed by atoms with Crippen LogP contribution in [-0.4, -0.2) is 32.6 Å². The van der Waals surface area contributed by atoms with E-state index in [4.69, 9.17) is 4.63 Å². The number of hydrogen-bond donors (Lipinski definition) is 0. The van der Waals surface area contributed by atoms with Crippen LogP contribution in [0.2, 0.25) is 0 Å². The number of aromatic nitrogens is 3. The molecule has 0 unspecified atom stereocenters. The highest BCUT2D eigenvalue weighted by Crippen LogP contribution is 2.32. The van der Waals surface area contributed by atoms with Crippen LogP contribution < -0.4 is 0 Å². The molecular formula is C14H18N4O2S. The first-order valence-corrected chi connectivity index (χ1v) is 8.02. The summed E-state index contributed by atoms with van der Waals surface area (Å²) in [5.74, 6) is 0.174. The molecule has 112 valence electrons. The van der Waals surface area contributed by atoms with Crippen molar-refractivity contribution < 1.29 is 9.42 Å². The molecule has 1 amide bonds. The molecule has 0 radical (unpaired) electrons. The van der Waals surface area contributed by atoms with Crippen LogP contribution in [0.5, 0.6) is 0 Å². The summed E-state index contributed by atoms with van der Waals surface area (Å²) in [7, 11) is 0. The third kappa shape index (κ3) is 2.83. The van der Waals surface area contributed by atoms with Gasteiger partial charge in [0.05, 0.1) is 17.2 Å². The Balaban J connectivity index is 1.66. The minimum atomic E-state index is 0.0197. The van der Waals surface area contributed by atoms with Crippen LogP contribution in [0.15, 0.2) is 10.1 Å². The third-order valence-corrected chi connectivity index (χ3v) is 4.98. The second kappa shape index (κ2) is 5.93. The van der Waals surface area contributed by atoms with Crippen molar-refractivity contribution in [3.8, 4) is 0 Å². The number of nitrogens with zero attached hydrogens (tertiary/aromatic N) is 4. The van der Waals surface area contributed by atoms with Crippen molar-refractivity contribution in [2.24, 2.45) is 0 Å². The Kier molecular flexibility index (Phi) is 4.01. The van der Waals surface area contributed by atoms with Crippen LogP contribution >= 0.6 is 11.3 Å². The van der Waals surface area contributed by atoms with E-state index in [1.165, 1.54) is 4.88 Å². The molecule has 3 heterocycles. The van der Waals surface area contributed by atoms with Crippen molar-refractivity contribution in [2.75, 3.05) is 6.54 Å². The third-order valence-electron chi connectivity index (χ3n) is 3.99. The van der Waals surface area contributed by atoms with Gasteiger partial charge in [-0.05, 0) is 33.1 Å². The molecule has 1 aliphatic rings. The largest absolute Gasteiger partial charge is 0.334 e. The summed E-state index contributed by atoms with van der Waals surface area (Å²) >= 11 is 1.62. The Bertz CT molecular complexity index is 636. The summed E-state index contributed by atoms with van der Waals surface area (Å²) in [5, 5.41) is 7.79. The van der Waals surface area contributed by atoms with Crippen molar-refractivity contribution in [2.45, 2.75) is 45.6 Å². The minimum Gasteiger partial charge on any atom is -0.334 e. The molecular weight excluding hydrogens is 288 g/mol. The molecule has 0 bridgehead atoms. The van der Waals surface area contributed by atoms with E-state index in [1.807, 2.05) is 24.3 Å². The quantitative estimate of drug-likeness (QED) is 0.867. The van der Waals surface area contributed by atoms with E-state index in [0.29, 0.717) is 6.42 Å². The molecule has 0 aliphatic carbocycles. The fourth-order valence-electron chi connectivity index (χ4n) is 2.82. The van der Waals surface area contributed by atoms with Crippen molar-refractivity contribution in [1.29, 1.82) is 0 Å². The van der Waals surface area contributed by atoms with E-state index in [2.05, 4.69) is 15.3 Å². The van der Waals surface area contributed by atoms with Gasteiger partial charge < -0.3 is 4.90 Å². The minimum absolute atomic E-state index is 0.0197. The predicted octanol–water partition coefficient (Wildman–Crippen LogP) is 2.44. The van der Waals surface area contributed by atoms with Crippen molar-refractivity contribution in [3.05, 3.63) is 27.5 Å². The lowest BCUT2D eigenvalue weighted by molar-refractivity contribution is -0.132. The van der Waals surface area contributed by atoms with E-state index in [1.54, 1.807) is 11.3 Å². The highest BCUT2D eigenvalue weighted by atomic mass is 32.1. The highest BCUT2D eigenvalue weighted by Gasteiger charge is 2.33. The molecule has 21 heavy (non-hydrogen) atoms. The maximum absolute atomic E-state index is 12.5. The van der Waals surface area contributed by atoms with Crippen molar-refractivity contribution in [3.63, 3.8) is 0 Å². The van der Waals surface area contributed by atoms with E-state index in [0.717, 1.165) is 42.9 Å². The van der Waals surface area contributed by atoms with Gasteiger partial charge in [0.2, 0.25) is 5.91 Å². The Labute approximate surface area is 127 Å². The standard InChI is InChI=1S/C14H18N4O2S/c1-9-12(21-8-15-9)5-6-13(19)18-7-3-4-11(18)14-10(2)16-20-17-14/h8,11H,3-7H2,1-2H3/t11-/m1/s1. The van der Waals surface area contributed by atoms with Gasteiger partial charge >= 0.3 is 0 Å². The van der Waals surface area contributed by atoms with Gasteiger partial charge in [0.1, 0.15) is 11.4 Å². The Hall–Kier alpha value is -1.76. The summed E-state index contributed by atoms with van der Waals surface area (Å²) < 4.78 is 4.78. The Morgan fingerprint density at radius 3 is 2.95 bits per heavy atom. The molecule has 1 saturated heterocycles. The molecule has 0 saturated carbocycles. The topological polar surface area (TPSA) is 72.1 Å². The summed E-state index contributed by atoms with van der Waals surface area (Å²) in [6, 6.07) is 0.0197. The number of carbonyl (C=O) groups is 1. The number of thiazole rings is 1. The molecule has 1 fully saturated rings. The lowest BCUT2D eigenvalue weighted by Crippen LogP contribution is -2.31. The SMILES string of the molecule is Cc1nonc1[C@H]1CCCN1C(=O)CCc1scnc1C. The molecule has 0 aromatic carbocycles. The van der Waals surface area contributed by atoms with Crippen LogP contribution in [0.4, 0.5) is 0 Å². The molecule has 1 atom stereocenters. The maximum Gasteiger partial charge on any atom is 0.223 e. The van der Waals surface area contributed by atoms with Crippen LogP contribution in [0.25, 0.3) is 0 Å². The number of aryl methyl sites for hydroxylation is 3. The zero-order valence-electron chi connectivity index (χ0n) is 12.2. The van der Waals surface area contributed by atoms with Crippen LogP contribution in [0.1, 0.15) is 47.3 Å². The Morgan fingerprint density at radius 2 is 2.29 bits per heavy atom. The van der Waals surface area contributed by atoms with Gasteiger partial charge in [0, 0.05) is 17.8 Å². The fraction of sp³-hybridized carbons (Fsp3) is 0.571. The van der Waals surface area contributed by atoms with Crippen LogP contribution in [0.3, 0.4) is 0 Å². The average molecular weight is 306 g/mol. The lowest BCUT2D eigenvalue weighted by Gasteiger charge is -2.23. The first kappa shape index (κ1) is 14.2. The van der Waals surface area contributed by atoms with E-state index in [9.17, 15) is 4.79 Å². The van der Waals surface area contributed by atoms with Gasteiger partial charge in [0.15, 0.2) is 0 Å². The first-order chi connectivity index (χ1) is 10.2. The second-order valence-electron chi connectivity index (χ2n) is 5.34. The normalized spacial score (nSPS) is 18.4. The number of rotatable bonds is 4. The van der Waals surface area contributed by atoms with E-state index >= 15 is 0 Å². The summed E-state index contributed by atoms with van der Waals surface area (Å²) in [5.41, 5.74) is 4.44. The van der Waals surface area contributed by atoms with Gasteiger partial charge in [-0.3, -0.25) is 4.79 Å². The molecule has 6 nitrogen and oxygen atoms in total. The number of hydrogen-bond acceptors (Lipinski definition) is 6. The van der Waals surface area contributed by atoms with Crippen molar-refractivity contribution >= 4 is 17.2 Å². The van der Waals surface area contributed by atoms with Crippen LogP contribution in [0, 0.1) is 13.8 Å². The molecule has 2 aromatic rings. The van der Waals surface area contributed by atoms with Gasteiger partial charge in [-0.1, -0.05) is 10.3 Å². The highest BCUT2D eigenvalue weighted by molar-refractivity contribution is 7.09. The number of likely N-dealkylation sites (tertiary alicyclic amines) is 1. The zero-order valence-corrected chi connectivity index (χ0v) is 13.0. The average Bonchev–Trinajstić information content (AvgIpc) is 3.16. The van der Waals surface area contributed by atoms with Gasteiger partial charge in [-0.25, -0.2) is 9.61 Å². The van der Waals surface area contributed by atoms with Gasteiger partial charge in [0.25, 0.3) is 0 Å². The summed E-state index contributed by atoms with van der Waals surface area (Å²) in [6.07, 6.45) is 3.21. The maximum atomic E-state index is 12.5. The first-order valence-electron chi connectivity index (χ1n) is 7.14. The number of amides is 1. The molecule has 0 spiro atoms. The molecule has 1 aliphatic heterocycles. The van der Waals surface area contributed by atoms with Crippen LogP contribution in [-0.2, 0) is 11.2 Å². The summed E-state index contributed by atoms with van der Waals surface area (Å²) in [6.45, 7) is 4.64. The van der Waals surface area contributed by atoms with Gasteiger partial charge in [-0.2, -0.15) is 0 Å². The molecule has 3 rings (SSSR count). The van der Waals surface area contributed by atoms with Gasteiger partial charge in [-0.15, -0.1) is 11.3 Å². The molecule has 7 heteroatoms.